The fourth-order valence-electron chi connectivity index (χ4n) is 5.13. The number of nitriles is 1. The van der Waals surface area contributed by atoms with Gasteiger partial charge in [-0.15, -0.1) is 0 Å². The predicted molar refractivity (Wildman–Crippen MR) is 147 cm³/mol. The second-order valence-electron chi connectivity index (χ2n) is 9.76. The van der Waals surface area contributed by atoms with E-state index >= 15 is 0 Å². The van der Waals surface area contributed by atoms with Crippen molar-refractivity contribution in [2.45, 2.75) is 18.9 Å². The predicted octanol–water partition coefficient (Wildman–Crippen LogP) is 5.07. The molecule has 0 spiro atoms. The molecule has 1 amide bonds. The topological polar surface area (TPSA) is 107 Å². The molecular weight excluding hydrogens is 510 g/mol. The highest BCUT2D eigenvalue weighted by Gasteiger charge is 2.23. The minimum Gasteiger partial charge on any atom is -0.496 e. The summed E-state index contributed by atoms with van der Waals surface area (Å²) in [4.78, 5) is 19.4. The monoisotopic (exact) mass is 539 g/mol. The lowest BCUT2D eigenvalue weighted by atomic mass is 10.0. The molecule has 0 N–H and O–H groups in total. The fourth-order valence-corrected chi connectivity index (χ4v) is 5.13. The second kappa shape index (κ2) is 11.4. The molecule has 0 radical (unpaired) electrons. The van der Waals surface area contributed by atoms with Gasteiger partial charge in [0, 0.05) is 49.3 Å². The van der Waals surface area contributed by atoms with Gasteiger partial charge in [-0.3, -0.25) is 9.78 Å². The Morgan fingerprint density at radius 3 is 2.52 bits per heavy atom. The molecule has 2 aromatic heterocycles. The summed E-state index contributed by atoms with van der Waals surface area (Å²) in [6.45, 7) is 3.50. The van der Waals surface area contributed by atoms with Gasteiger partial charge in [-0.25, -0.2) is 0 Å². The third-order valence-electron chi connectivity index (χ3n) is 7.30. The van der Waals surface area contributed by atoms with E-state index in [1.165, 1.54) is 0 Å². The molecule has 4 heterocycles. The van der Waals surface area contributed by atoms with Gasteiger partial charge in [0.1, 0.15) is 34.9 Å². The smallest absolute Gasteiger partial charge is 0.257 e. The average Bonchev–Trinajstić information content (AvgIpc) is 3.46. The third kappa shape index (κ3) is 5.11. The summed E-state index contributed by atoms with van der Waals surface area (Å²) in [5, 5.41) is 9.84. The van der Waals surface area contributed by atoms with Crippen molar-refractivity contribution in [3.63, 3.8) is 0 Å². The van der Waals surface area contributed by atoms with Gasteiger partial charge in [0.2, 0.25) is 0 Å². The number of methoxy groups -OCH3 is 1. The van der Waals surface area contributed by atoms with Crippen LogP contribution in [0.4, 0.5) is 0 Å². The van der Waals surface area contributed by atoms with E-state index in [9.17, 15) is 10.1 Å². The van der Waals surface area contributed by atoms with Crippen molar-refractivity contribution in [3.8, 4) is 40.0 Å². The number of amides is 1. The summed E-state index contributed by atoms with van der Waals surface area (Å²) >= 11 is 0. The molecule has 2 aliphatic rings. The van der Waals surface area contributed by atoms with Gasteiger partial charge in [0.25, 0.3) is 5.91 Å². The Bertz CT molecular complexity index is 1580. The van der Waals surface area contributed by atoms with Crippen LogP contribution in [0.25, 0.3) is 33.6 Å². The molecular formula is C31H29N3O6. The van der Waals surface area contributed by atoms with E-state index in [-0.39, 0.29) is 12.0 Å². The van der Waals surface area contributed by atoms with Gasteiger partial charge in [0.15, 0.2) is 5.58 Å². The molecule has 40 heavy (non-hydrogen) atoms. The zero-order chi connectivity index (χ0) is 27.5. The van der Waals surface area contributed by atoms with Crippen LogP contribution in [0.3, 0.4) is 0 Å². The molecule has 2 fully saturated rings. The van der Waals surface area contributed by atoms with Crippen molar-refractivity contribution in [2.24, 2.45) is 0 Å². The number of rotatable bonds is 6. The highest BCUT2D eigenvalue weighted by Crippen LogP contribution is 2.37. The Morgan fingerprint density at radius 2 is 1.75 bits per heavy atom. The van der Waals surface area contributed by atoms with Gasteiger partial charge in [-0.05, 0) is 35.9 Å². The normalized spacial score (nSPS) is 16.1. The molecule has 0 aliphatic carbocycles. The van der Waals surface area contributed by atoms with Crippen LogP contribution in [0.15, 0.2) is 59.1 Å². The lowest BCUT2D eigenvalue weighted by Gasteiger charge is -2.27. The number of carbonyl (C=O) groups excluding carboxylic acids is 1. The molecule has 0 saturated carbocycles. The zero-order valence-corrected chi connectivity index (χ0v) is 22.2. The Kier molecular flexibility index (Phi) is 7.36. The SMILES string of the molecule is COc1cc(-c2cc3nccc(-c4ccc(OC5CCOCC5)c(C#N)c4)c3o2)ccc1C(=O)N1CCOCC1. The van der Waals surface area contributed by atoms with Crippen molar-refractivity contribution in [1.82, 2.24) is 9.88 Å². The number of benzene rings is 2. The molecule has 2 aliphatic heterocycles. The van der Waals surface area contributed by atoms with Crippen LogP contribution in [0, 0.1) is 11.3 Å². The summed E-state index contributed by atoms with van der Waals surface area (Å²) in [7, 11) is 1.55. The standard InChI is InChI=1S/C31H29N3O6/c1-36-29-17-21(2-4-25(29)31(35)34-10-14-38-15-11-34)28-18-26-30(40-28)24(6-9-33-26)20-3-5-27(22(16-20)19-32)39-23-7-12-37-13-8-23/h2-6,9,16-18,23H,7-8,10-15H2,1H3. The quantitative estimate of drug-likeness (QED) is 0.334. The first-order valence-electron chi connectivity index (χ1n) is 13.4. The maximum absolute atomic E-state index is 13.1. The molecule has 4 aromatic rings. The molecule has 204 valence electrons. The molecule has 6 rings (SSSR count). The molecule has 9 heteroatoms. The minimum atomic E-state index is -0.0854. The number of ether oxygens (including phenoxy) is 4. The molecule has 0 atom stereocenters. The summed E-state index contributed by atoms with van der Waals surface area (Å²) < 4.78 is 28.8. The molecule has 0 bridgehead atoms. The lowest BCUT2D eigenvalue weighted by molar-refractivity contribution is 0.0254. The largest absolute Gasteiger partial charge is 0.496 e. The highest BCUT2D eigenvalue weighted by atomic mass is 16.5. The summed E-state index contributed by atoms with van der Waals surface area (Å²) in [5.41, 5.74) is 4.65. The maximum Gasteiger partial charge on any atom is 0.257 e. The minimum absolute atomic E-state index is 0.0412. The fraction of sp³-hybridized carbons (Fsp3) is 0.323. The molecule has 9 nitrogen and oxygen atoms in total. The Balaban J connectivity index is 1.31. The van der Waals surface area contributed by atoms with Crippen LogP contribution in [0.5, 0.6) is 11.5 Å². The first kappa shape index (κ1) is 25.9. The molecule has 2 aromatic carbocycles. The zero-order valence-electron chi connectivity index (χ0n) is 22.2. The van der Waals surface area contributed by atoms with Crippen molar-refractivity contribution in [2.75, 3.05) is 46.6 Å². The van der Waals surface area contributed by atoms with Crippen LogP contribution < -0.4 is 9.47 Å². The first-order valence-corrected chi connectivity index (χ1v) is 13.4. The highest BCUT2D eigenvalue weighted by molar-refractivity contribution is 5.98. The van der Waals surface area contributed by atoms with Gasteiger partial charge in [0.05, 0.1) is 44.7 Å². The number of furan rings is 1. The van der Waals surface area contributed by atoms with Gasteiger partial charge < -0.3 is 28.3 Å². The van der Waals surface area contributed by atoms with Gasteiger partial charge in [-0.1, -0.05) is 12.1 Å². The van der Waals surface area contributed by atoms with Crippen LogP contribution in [-0.4, -0.2) is 68.5 Å². The van der Waals surface area contributed by atoms with E-state index in [2.05, 4.69) is 11.1 Å². The van der Waals surface area contributed by atoms with Crippen LogP contribution in [-0.2, 0) is 9.47 Å². The average molecular weight is 540 g/mol. The number of morpholine rings is 1. The molecule has 2 saturated heterocycles. The summed E-state index contributed by atoms with van der Waals surface area (Å²) in [6.07, 6.45) is 3.37. The Hall–Kier alpha value is -4.39. The number of hydrogen-bond acceptors (Lipinski definition) is 8. The van der Waals surface area contributed by atoms with E-state index in [4.69, 9.17) is 23.4 Å². The van der Waals surface area contributed by atoms with E-state index < -0.39 is 0 Å². The van der Waals surface area contributed by atoms with Crippen LogP contribution >= 0.6 is 0 Å². The maximum atomic E-state index is 13.1. The van der Waals surface area contributed by atoms with Crippen molar-refractivity contribution in [3.05, 3.63) is 65.9 Å². The van der Waals surface area contributed by atoms with Gasteiger partial charge in [-0.2, -0.15) is 5.26 Å². The van der Waals surface area contributed by atoms with E-state index in [0.29, 0.717) is 79.0 Å². The van der Waals surface area contributed by atoms with E-state index in [0.717, 1.165) is 29.5 Å². The van der Waals surface area contributed by atoms with Crippen molar-refractivity contribution in [1.29, 1.82) is 5.26 Å². The van der Waals surface area contributed by atoms with Crippen molar-refractivity contribution >= 4 is 17.0 Å². The number of hydrogen-bond donors (Lipinski definition) is 0. The number of fused-ring (bicyclic) bond motifs is 1. The Labute approximate surface area is 231 Å². The van der Waals surface area contributed by atoms with Crippen molar-refractivity contribution < 1.29 is 28.2 Å². The third-order valence-corrected chi connectivity index (χ3v) is 7.30. The van der Waals surface area contributed by atoms with Crippen LogP contribution in [0.1, 0.15) is 28.8 Å². The van der Waals surface area contributed by atoms with E-state index in [1.54, 1.807) is 30.3 Å². The van der Waals surface area contributed by atoms with Gasteiger partial charge >= 0.3 is 0 Å². The number of aromatic nitrogens is 1. The van der Waals surface area contributed by atoms with Crippen LogP contribution in [0.2, 0.25) is 0 Å². The lowest BCUT2D eigenvalue weighted by Crippen LogP contribution is -2.40. The number of nitrogens with zero attached hydrogens (tertiary/aromatic N) is 3. The summed E-state index contributed by atoms with van der Waals surface area (Å²) in [6, 6.07) is 17.0. The first-order chi connectivity index (χ1) is 19.6. The number of pyridine rings is 1. The summed E-state index contributed by atoms with van der Waals surface area (Å²) in [5.74, 6) is 1.56. The second-order valence-corrected chi connectivity index (χ2v) is 9.76. The Morgan fingerprint density at radius 1 is 0.975 bits per heavy atom. The van der Waals surface area contributed by atoms with E-state index in [1.807, 2.05) is 36.4 Å². The number of carbonyl (C=O) groups is 1. The molecule has 0 unspecified atom stereocenters.